The summed E-state index contributed by atoms with van der Waals surface area (Å²) in [5.74, 6) is 0. The van der Waals surface area contributed by atoms with E-state index in [1.807, 2.05) is 6.20 Å². The maximum atomic E-state index is 3.35. The molecule has 0 saturated heterocycles. The average Bonchev–Trinajstić information content (AvgIpc) is 3.04. The van der Waals surface area contributed by atoms with Gasteiger partial charge in [0.2, 0.25) is 0 Å². The van der Waals surface area contributed by atoms with Crippen LogP contribution in [-0.2, 0) is 12.0 Å². The first-order chi connectivity index (χ1) is 11.9. The number of aromatic nitrogens is 1. The number of rotatable bonds is 5. The molecule has 2 aromatic carbocycles. The summed E-state index contributed by atoms with van der Waals surface area (Å²) in [5, 5.41) is 1.28. The minimum Gasteiger partial charge on any atom is -0.361 e. The van der Waals surface area contributed by atoms with E-state index in [0.717, 1.165) is 13.1 Å². The van der Waals surface area contributed by atoms with Crippen molar-refractivity contribution in [3.05, 3.63) is 77.5 Å². The minimum absolute atomic E-state index is 0.210. The Bertz CT molecular complexity index is 848. The molecule has 0 saturated carbocycles. The van der Waals surface area contributed by atoms with Gasteiger partial charge in [0.15, 0.2) is 0 Å². The highest BCUT2D eigenvalue weighted by atomic mass is 15.1. The van der Waals surface area contributed by atoms with E-state index in [2.05, 4.69) is 98.4 Å². The quantitative estimate of drug-likeness (QED) is 0.643. The zero-order valence-corrected chi connectivity index (χ0v) is 15.7. The molecule has 0 aliphatic carbocycles. The van der Waals surface area contributed by atoms with E-state index in [9.17, 15) is 0 Å². The van der Waals surface area contributed by atoms with Gasteiger partial charge in [-0.05, 0) is 40.6 Å². The van der Waals surface area contributed by atoms with Gasteiger partial charge in [0.25, 0.3) is 0 Å². The molecule has 2 nitrogen and oxygen atoms in total. The minimum atomic E-state index is 0.210. The monoisotopic (exact) mass is 332 g/mol. The molecule has 1 N–H and O–H groups in total. The first kappa shape index (κ1) is 17.5. The second-order valence-corrected chi connectivity index (χ2v) is 7.83. The van der Waals surface area contributed by atoms with Crippen molar-refractivity contribution in [2.24, 2.45) is 0 Å². The van der Waals surface area contributed by atoms with Crippen LogP contribution in [0.2, 0.25) is 0 Å². The molecule has 0 atom stereocenters. The number of fused-ring (bicyclic) bond motifs is 1. The zero-order chi connectivity index (χ0) is 17.9. The summed E-state index contributed by atoms with van der Waals surface area (Å²) in [5.41, 5.74) is 5.43. The summed E-state index contributed by atoms with van der Waals surface area (Å²) in [6, 6.07) is 17.5. The van der Waals surface area contributed by atoms with Crippen LogP contribution < -0.4 is 0 Å². The Labute approximate surface area is 151 Å². The molecule has 0 aliphatic heterocycles. The van der Waals surface area contributed by atoms with E-state index in [1.54, 1.807) is 0 Å². The van der Waals surface area contributed by atoms with Crippen LogP contribution in [0.15, 0.2) is 60.8 Å². The largest absolute Gasteiger partial charge is 0.361 e. The lowest BCUT2D eigenvalue weighted by Gasteiger charge is -2.18. The fourth-order valence-electron chi connectivity index (χ4n) is 3.10. The molecule has 3 aromatic rings. The Balaban J connectivity index is 1.59. The molecule has 3 rings (SSSR count). The Morgan fingerprint density at radius 3 is 2.48 bits per heavy atom. The highest BCUT2D eigenvalue weighted by molar-refractivity contribution is 5.82. The Hall–Kier alpha value is -2.32. The number of para-hydroxylation sites is 1. The van der Waals surface area contributed by atoms with E-state index < -0.39 is 0 Å². The third kappa shape index (κ3) is 4.40. The third-order valence-electron chi connectivity index (χ3n) is 4.62. The predicted octanol–water partition coefficient (Wildman–Crippen LogP) is 5.61. The van der Waals surface area contributed by atoms with Gasteiger partial charge in [-0.15, -0.1) is 0 Å². The normalized spacial score (nSPS) is 12.5. The summed E-state index contributed by atoms with van der Waals surface area (Å²) >= 11 is 0. The molecule has 1 aromatic heterocycles. The van der Waals surface area contributed by atoms with E-state index in [4.69, 9.17) is 0 Å². The van der Waals surface area contributed by atoms with Crippen molar-refractivity contribution < 1.29 is 0 Å². The van der Waals surface area contributed by atoms with Crippen molar-refractivity contribution in [2.75, 3.05) is 13.6 Å². The van der Waals surface area contributed by atoms with Crippen LogP contribution in [0.3, 0.4) is 0 Å². The number of H-pyrrole nitrogens is 1. The molecular formula is C23H28N2. The number of hydrogen-bond acceptors (Lipinski definition) is 1. The van der Waals surface area contributed by atoms with Gasteiger partial charge < -0.3 is 4.98 Å². The SMILES string of the molecule is CN(CC=Cc1ccc(C(C)(C)C)cc1)Cc1cccc2cc[nH]c12. The molecule has 0 spiro atoms. The fourth-order valence-corrected chi connectivity index (χ4v) is 3.10. The second-order valence-electron chi connectivity index (χ2n) is 7.83. The fraction of sp³-hybridized carbons (Fsp3) is 0.304. The molecule has 1 heterocycles. The molecule has 0 bridgehead atoms. The molecule has 0 amide bonds. The van der Waals surface area contributed by atoms with Crippen LogP contribution in [0, 0.1) is 0 Å². The molecule has 0 radical (unpaired) electrons. The lowest BCUT2D eigenvalue weighted by molar-refractivity contribution is 0.365. The Morgan fingerprint density at radius 1 is 1.00 bits per heavy atom. The van der Waals surface area contributed by atoms with Gasteiger partial charge in [0.05, 0.1) is 0 Å². The molecular weight excluding hydrogens is 304 g/mol. The summed E-state index contributed by atoms with van der Waals surface area (Å²) in [4.78, 5) is 5.68. The molecule has 0 fully saturated rings. The summed E-state index contributed by atoms with van der Waals surface area (Å²) in [6.45, 7) is 8.61. The Kier molecular flexibility index (Phi) is 5.10. The van der Waals surface area contributed by atoms with Crippen LogP contribution in [0.1, 0.15) is 37.5 Å². The van der Waals surface area contributed by atoms with E-state index in [0.29, 0.717) is 0 Å². The summed E-state index contributed by atoms with van der Waals surface area (Å²) < 4.78 is 0. The summed E-state index contributed by atoms with van der Waals surface area (Å²) in [7, 11) is 2.16. The highest BCUT2D eigenvalue weighted by Crippen LogP contribution is 2.22. The number of likely N-dealkylation sites (N-methyl/N-ethyl adjacent to an activating group) is 1. The van der Waals surface area contributed by atoms with Crippen molar-refractivity contribution in [2.45, 2.75) is 32.7 Å². The van der Waals surface area contributed by atoms with E-state index >= 15 is 0 Å². The lowest BCUT2D eigenvalue weighted by Crippen LogP contribution is -2.17. The van der Waals surface area contributed by atoms with Crippen molar-refractivity contribution in [1.29, 1.82) is 0 Å². The maximum absolute atomic E-state index is 3.35. The number of aromatic amines is 1. The average molecular weight is 332 g/mol. The van der Waals surface area contributed by atoms with Gasteiger partial charge in [-0.25, -0.2) is 0 Å². The van der Waals surface area contributed by atoms with Crippen LogP contribution >= 0.6 is 0 Å². The Morgan fingerprint density at radius 2 is 1.76 bits per heavy atom. The predicted molar refractivity (Wildman–Crippen MR) is 109 cm³/mol. The second kappa shape index (κ2) is 7.28. The van der Waals surface area contributed by atoms with Crippen molar-refractivity contribution >= 4 is 17.0 Å². The highest BCUT2D eigenvalue weighted by Gasteiger charge is 2.12. The zero-order valence-electron chi connectivity index (χ0n) is 15.7. The van der Waals surface area contributed by atoms with E-state index in [1.165, 1.54) is 27.6 Å². The number of hydrogen-bond donors (Lipinski definition) is 1. The van der Waals surface area contributed by atoms with Gasteiger partial charge in [-0.1, -0.05) is 75.4 Å². The van der Waals surface area contributed by atoms with Crippen LogP contribution in [0.5, 0.6) is 0 Å². The first-order valence-electron chi connectivity index (χ1n) is 8.94. The molecule has 0 aliphatic rings. The molecule has 130 valence electrons. The van der Waals surface area contributed by atoms with E-state index in [-0.39, 0.29) is 5.41 Å². The number of benzene rings is 2. The summed E-state index contributed by atoms with van der Waals surface area (Å²) in [6.07, 6.45) is 6.45. The van der Waals surface area contributed by atoms with Crippen LogP contribution in [0.4, 0.5) is 0 Å². The first-order valence-corrected chi connectivity index (χ1v) is 8.94. The smallest absolute Gasteiger partial charge is 0.0499 e. The van der Waals surface area contributed by atoms with Gasteiger partial charge in [0, 0.05) is 24.8 Å². The topological polar surface area (TPSA) is 19.0 Å². The molecule has 0 unspecified atom stereocenters. The lowest BCUT2D eigenvalue weighted by atomic mass is 9.87. The van der Waals surface area contributed by atoms with Gasteiger partial charge >= 0.3 is 0 Å². The molecule has 25 heavy (non-hydrogen) atoms. The standard InChI is InChI=1S/C23H28N2/c1-23(2,3)21-12-10-18(11-13-21)7-6-16-25(4)17-20-9-5-8-19-14-15-24-22(19)20/h5-15,24H,16-17H2,1-4H3. The number of nitrogens with one attached hydrogen (secondary N) is 1. The molecule has 2 heteroatoms. The van der Waals surface area contributed by atoms with Crippen molar-refractivity contribution in [3.8, 4) is 0 Å². The van der Waals surface area contributed by atoms with Crippen molar-refractivity contribution in [3.63, 3.8) is 0 Å². The van der Waals surface area contributed by atoms with Gasteiger partial charge in [-0.3, -0.25) is 4.90 Å². The van der Waals surface area contributed by atoms with Gasteiger partial charge in [0.1, 0.15) is 0 Å². The third-order valence-corrected chi connectivity index (χ3v) is 4.62. The number of nitrogens with zero attached hydrogens (tertiary/aromatic N) is 1. The van der Waals surface area contributed by atoms with Crippen LogP contribution in [0.25, 0.3) is 17.0 Å². The maximum Gasteiger partial charge on any atom is 0.0499 e. The van der Waals surface area contributed by atoms with Gasteiger partial charge in [-0.2, -0.15) is 0 Å². The van der Waals surface area contributed by atoms with Crippen molar-refractivity contribution in [1.82, 2.24) is 9.88 Å². The van der Waals surface area contributed by atoms with Crippen LogP contribution in [-0.4, -0.2) is 23.5 Å².